The number of aliphatic hydroxyl groups excluding tert-OH is 1. The minimum atomic E-state index is -0.735. The Labute approximate surface area is 209 Å². The fourth-order valence-electron chi connectivity index (χ4n) is 3.90. The van der Waals surface area contributed by atoms with Gasteiger partial charge in [0.1, 0.15) is 6.04 Å². The van der Waals surface area contributed by atoms with Crippen LogP contribution in [0.3, 0.4) is 0 Å². The molecule has 2 aromatic heterocycles. The van der Waals surface area contributed by atoms with Gasteiger partial charge in [0, 0.05) is 48.1 Å². The van der Waals surface area contributed by atoms with Gasteiger partial charge in [0.25, 0.3) is 0 Å². The van der Waals surface area contributed by atoms with Crippen LogP contribution in [0.1, 0.15) is 42.5 Å². The van der Waals surface area contributed by atoms with E-state index in [1.54, 1.807) is 19.2 Å². The van der Waals surface area contributed by atoms with Crippen molar-refractivity contribution >= 4 is 17.6 Å². The van der Waals surface area contributed by atoms with Crippen molar-refractivity contribution in [3.05, 3.63) is 77.1 Å². The molecule has 186 valence electrons. The number of nitrogens with one attached hydrogen (secondary N) is 1. The molecular formula is C27H28FN5O3. The Balaban J connectivity index is 1.46. The largest absolute Gasteiger partial charge is 0.395 e. The van der Waals surface area contributed by atoms with Crippen LogP contribution in [0, 0.1) is 23.2 Å². The van der Waals surface area contributed by atoms with E-state index in [4.69, 9.17) is 0 Å². The third-order valence-corrected chi connectivity index (χ3v) is 6.09. The molecule has 36 heavy (non-hydrogen) atoms. The molecule has 0 radical (unpaired) electrons. The van der Waals surface area contributed by atoms with Crippen LogP contribution in [0.15, 0.2) is 48.9 Å². The number of amides is 2. The molecule has 1 atom stereocenters. The van der Waals surface area contributed by atoms with Gasteiger partial charge in [-0.15, -0.1) is 0 Å². The third kappa shape index (κ3) is 5.61. The van der Waals surface area contributed by atoms with Crippen LogP contribution in [0.2, 0.25) is 0 Å². The lowest BCUT2D eigenvalue weighted by molar-refractivity contribution is -0.120. The minimum Gasteiger partial charge on any atom is -0.395 e. The van der Waals surface area contributed by atoms with Crippen LogP contribution in [0.5, 0.6) is 0 Å². The minimum absolute atomic E-state index is 0.0528. The molecule has 0 spiro atoms. The summed E-state index contributed by atoms with van der Waals surface area (Å²) in [6.45, 7) is 3.65. The second kappa shape index (κ2) is 10.3. The van der Waals surface area contributed by atoms with Crippen molar-refractivity contribution in [1.82, 2.24) is 20.1 Å². The molecule has 0 saturated carbocycles. The van der Waals surface area contributed by atoms with E-state index < -0.39 is 23.4 Å². The number of carbonyl (C=O) groups excluding carboxylic acids is 2. The number of aryl methyl sites for hydroxylation is 1. The van der Waals surface area contributed by atoms with Crippen molar-refractivity contribution in [1.29, 1.82) is 0 Å². The number of aliphatic hydroxyl groups is 1. The highest BCUT2D eigenvalue weighted by molar-refractivity contribution is 6.00. The number of hydrogen-bond donors (Lipinski definition) is 2. The Morgan fingerprint density at radius 3 is 2.89 bits per heavy atom. The van der Waals surface area contributed by atoms with Crippen molar-refractivity contribution in [2.45, 2.75) is 39.2 Å². The number of rotatable bonds is 4. The van der Waals surface area contributed by atoms with E-state index in [-0.39, 0.29) is 18.9 Å². The number of pyridine rings is 1. The number of carbonyl (C=O) groups is 2. The molecule has 0 saturated heterocycles. The molecular weight excluding hydrogens is 461 g/mol. The number of halogens is 1. The average molecular weight is 490 g/mol. The first-order chi connectivity index (χ1) is 17.2. The molecule has 8 nitrogen and oxygen atoms in total. The molecule has 0 fully saturated rings. The Kier molecular flexibility index (Phi) is 7.17. The van der Waals surface area contributed by atoms with Gasteiger partial charge in [-0.3, -0.25) is 4.79 Å². The monoisotopic (exact) mass is 489 g/mol. The molecule has 4 rings (SSSR count). The summed E-state index contributed by atoms with van der Waals surface area (Å²) in [6, 6.07) is 7.69. The van der Waals surface area contributed by atoms with Crippen LogP contribution < -0.4 is 10.2 Å². The van der Waals surface area contributed by atoms with E-state index in [2.05, 4.69) is 27.2 Å². The van der Waals surface area contributed by atoms with Crippen LogP contribution in [-0.2, 0) is 17.6 Å². The van der Waals surface area contributed by atoms with Crippen molar-refractivity contribution in [2.75, 3.05) is 18.6 Å². The van der Waals surface area contributed by atoms with Gasteiger partial charge in [-0.1, -0.05) is 24.0 Å². The Morgan fingerprint density at radius 1 is 1.33 bits per heavy atom. The lowest BCUT2D eigenvalue weighted by atomic mass is 9.95. The molecule has 3 aromatic rings. The number of anilines is 1. The standard InChI is InChI=1S/C27H28FN5O3/c1-27(2,17-34)11-10-18-6-7-20-8-9-22(25(35)32(3)23(20)14-18)31-26(36)33-16-19(15-30-33)13-21-5-4-12-29-24(21)28/h4-7,12,14-16,22,34H,8-9,13,17H2,1-3H3,(H,31,36)/t22-/m0/s1. The summed E-state index contributed by atoms with van der Waals surface area (Å²) in [5, 5.41) is 16.3. The summed E-state index contributed by atoms with van der Waals surface area (Å²) in [4.78, 5) is 31.2. The van der Waals surface area contributed by atoms with Gasteiger partial charge >= 0.3 is 6.03 Å². The molecule has 3 heterocycles. The zero-order valence-corrected chi connectivity index (χ0v) is 20.5. The number of hydrogen-bond acceptors (Lipinski definition) is 5. The van der Waals surface area contributed by atoms with Crippen molar-refractivity contribution < 1.29 is 19.1 Å². The van der Waals surface area contributed by atoms with E-state index in [9.17, 15) is 19.1 Å². The molecule has 9 heteroatoms. The van der Waals surface area contributed by atoms with Gasteiger partial charge in [-0.05, 0) is 56.0 Å². The van der Waals surface area contributed by atoms with Gasteiger partial charge in [-0.25, -0.2) is 9.78 Å². The molecule has 0 bridgehead atoms. The Hall–Kier alpha value is -4.03. The lowest BCUT2D eigenvalue weighted by Gasteiger charge is -2.22. The van der Waals surface area contributed by atoms with Crippen molar-refractivity contribution in [3.8, 4) is 11.8 Å². The fraction of sp³-hybridized carbons (Fsp3) is 0.333. The maximum atomic E-state index is 13.8. The van der Waals surface area contributed by atoms with E-state index in [1.807, 2.05) is 32.0 Å². The Bertz CT molecular complexity index is 1350. The molecule has 1 aliphatic rings. The molecule has 2 amide bonds. The first-order valence-corrected chi connectivity index (χ1v) is 11.7. The second-order valence-corrected chi connectivity index (χ2v) is 9.50. The highest BCUT2D eigenvalue weighted by Crippen LogP contribution is 2.27. The quantitative estimate of drug-likeness (QED) is 0.434. The van der Waals surface area contributed by atoms with Gasteiger partial charge in [-0.2, -0.15) is 14.2 Å². The number of aromatic nitrogens is 3. The highest BCUT2D eigenvalue weighted by atomic mass is 19.1. The maximum Gasteiger partial charge on any atom is 0.342 e. The normalized spacial score (nSPS) is 15.5. The third-order valence-electron chi connectivity index (χ3n) is 6.09. The number of likely N-dealkylation sites (N-methyl/N-ethyl adjacent to an activating group) is 1. The van der Waals surface area contributed by atoms with Crippen LogP contribution in [0.25, 0.3) is 0 Å². The Morgan fingerprint density at radius 2 is 2.14 bits per heavy atom. The highest BCUT2D eigenvalue weighted by Gasteiger charge is 2.30. The summed E-state index contributed by atoms with van der Waals surface area (Å²) in [6.07, 6.45) is 5.65. The summed E-state index contributed by atoms with van der Waals surface area (Å²) in [5.41, 5.74) is 2.99. The summed E-state index contributed by atoms with van der Waals surface area (Å²) in [5.74, 6) is 5.32. The van der Waals surface area contributed by atoms with Gasteiger partial charge < -0.3 is 15.3 Å². The van der Waals surface area contributed by atoms with Crippen LogP contribution in [0.4, 0.5) is 14.9 Å². The molecule has 1 aromatic carbocycles. The van der Waals surface area contributed by atoms with E-state index in [0.717, 1.165) is 21.5 Å². The predicted octanol–water partition coefficient (Wildman–Crippen LogP) is 2.91. The first-order valence-electron chi connectivity index (χ1n) is 11.7. The summed E-state index contributed by atoms with van der Waals surface area (Å²) < 4.78 is 15.0. The topological polar surface area (TPSA) is 100 Å². The first kappa shape index (κ1) is 25.1. The molecule has 1 aliphatic heterocycles. The average Bonchev–Trinajstić information content (AvgIpc) is 3.30. The summed E-state index contributed by atoms with van der Waals surface area (Å²) >= 11 is 0. The van der Waals surface area contributed by atoms with Gasteiger partial charge in [0.05, 0.1) is 12.8 Å². The fourth-order valence-corrected chi connectivity index (χ4v) is 3.90. The zero-order valence-electron chi connectivity index (χ0n) is 20.5. The number of fused-ring (bicyclic) bond motifs is 1. The van der Waals surface area contributed by atoms with Gasteiger partial charge in [0.15, 0.2) is 0 Å². The molecule has 0 aliphatic carbocycles. The predicted molar refractivity (Wildman–Crippen MR) is 133 cm³/mol. The maximum absolute atomic E-state index is 13.8. The smallest absolute Gasteiger partial charge is 0.342 e. The van der Waals surface area contributed by atoms with Crippen LogP contribution in [-0.4, -0.2) is 51.5 Å². The van der Waals surface area contributed by atoms with E-state index >= 15 is 0 Å². The van der Waals surface area contributed by atoms with Crippen molar-refractivity contribution in [2.24, 2.45) is 5.41 Å². The van der Waals surface area contributed by atoms with Crippen LogP contribution >= 0.6 is 0 Å². The van der Waals surface area contributed by atoms with E-state index in [0.29, 0.717) is 24.0 Å². The zero-order chi connectivity index (χ0) is 25.9. The number of benzene rings is 1. The van der Waals surface area contributed by atoms with Gasteiger partial charge in [0.2, 0.25) is 11.9 Å². The summed E-state index contributed by atoms with van der Waals surface area (Å²) in [7, 11) is 1.68. The van der Waals surface area contributed by atoms with Crippen molar-refractivity contribution in [3.63, 3.8) is 0 Å². The number of nitrogens with zero attached hydrogens (tertiary/aromatic N) is 4. The molecule has 0 unspecified atom stereocenters. The second-order valence-electron chi connectivity index (χ2n) is 9.50. The molecule has 2 N–H and O–H groups in total. The lowest BCUT2D eigenvalue weighted by Crippen LogP contribution is -2.48. The van der Waals surface area contributed by atoms with E-state index in [1.165, 1.54) is 23.5 Å². The SMILES string of the molecule is CN1C(=O)[C@@H](NC(=O)n2cc(Cc3cccnc3F)cn2)CCc2ccc(C#CC(C)(C)CO)cc21.